The molecule has 0 aliphatic carbocycles. The summed E-state index contributed by atoms with van der Waals surface area (Å²) >= 11 is 0. The van der Waals surface area contributed by atoms with Crippen molar-refractivity contribution in [3.63, 3.8) is 0 Å². The van der Waals surface area contributed by atoms with Crippen LogP contribution in [-0.4, -0.2) is 29.1 Å². The van der Waals surface area contributed by atoms with Gasteiger partial charge in [0.1, 0.15) is 5.56 Å². The van der Waals surface area contributed by atoms with Gasteiger partial charge in [0, 0.05) is 13.0 Å². The quantitative estimate of drug-likeness (QED) is 0.372. The van der Waals surface area contributed by atoms with E-state index in [1.807, 2.05) is 0 Å². The first-order valence-electron chi connectivity index (χ1n) is 4.65. The van der Waals surface area contributed by atoms with Gasteiger partial charge in [0.25, 0.3) is 5.69 Å². The molecule has 0 amide bonds. The molecule has 0 bridgehead atoms. The number of carboxylic acids is 1. The SMILES string of the molecule is COc1cc(C(=O)O)c([N+](=O)[O-])cc1OC(C)=O. The molecule has 0 aromatic heterocycles. The second kappa shape index (κ2) is 5.13. The molecule has 1 aromatic carbocycles. The molecule has 0 radical (unpaired) electrons. The van der Waals surface area contributed by atoms with E-state index in [1.165, 1.54) is 7.11 Å². The predicted octanol–water partition coefficient (Wildman–Crippen LogP) is 1.23. The van der Waals surface area contributed by atoms with E-state index in [4.69, 9.17) is 14.6 Å². The Labute approximate surface area is 101 Å². The lowest BCUT2D eigenvalue weighted by atomic mass is 10.1. The zero-order valence-corrected chi connectivity index (χ0v) is 9.50. The van der Waals surface area contributed by atoms with Crippen molar-refractivity contribution in [2.45, 2.75) is 6.92 Å². The van der Waals surface area contributed by atoms with Crippen LogP contribution >= 0.6 is 0 Å². The van der Waals surface area contributed by atoms with Gasteiger partial charge in [-0.3, -0.25) is 14.9 Å². The number of nitro groups is 1. The molecule has 1 rings (SSSR count). The van der Waals surface area contributed by atoms with Crippen LogP contribution in [0, 0.1) is 10.1 Å². The number of carbonyl (C=O) groups excluding carboxylic acids is 1. The smallest absolute Gasteiger partial charge is 0.342 e. The number of benzene rings is 1. The maximum absolute atomic E-state index is 10.9. The van der Waals surface area contributed by atoms with Crippen molar-refractivity contribution in [2.24, 2.45) is 0 Å². The normalized spacial score (nSPS) is 9.67. The maximum Gasteiger partial charge on any atom is 0.342 e. The summed E-state index contributed by atoms with van der Waals surface area (Å²) in [5.74, 6) is -2.46. The standard InChI is InChI=1S/C10H9NO7/c1-5(12)18-9-4-7(11(15)16)6(10(13)14)3-8(9)17-2/h3-4H,1-2H3,(H,13,14). The molecule has 8 nitrogen and oxygen atoms in total. The Hall–Kier alpha value is -2.64. The number of aromatic carboxylic acids is 1. The third-order valence-corrected chi connectivity index (χ3v) is 1.96. The van der Waals surface area contributed by atoms with Crippen molar-refractivity contribution in [3.05, 3.63) is 27.8 Å². The van der Waals surface area contributed by atoms with Gasteiger partial charge in [0.15, 0.2) is 11.5 Å². The summed E-state index contributed by atoms with van der Waals surface area (Å²) in [5, 5.41) is 19.6. The number of nitrogens with zero attached hydrogens (tertiary/aromatic N) is 1. The Morgan fingerprint density at radius 2 is 1.94 bits per heavy atom. The van der Waals surface area contributed by atoms with Crippen molar-refractivity contribution in [1.82, 2.24) is 0 Å². The highest BCUT2D eigenvalue weighted by Crippen LogP contribution is 2.34. The van der Waals surface area contributed by atoms with Gasteiger partial charge in [-0.15, -0.1) is 0 Å². The van der Waals surface area contributed by atoms with E-state index in [0.29, 0.717) is 0 Å². The molecule has 18 heavy (non-hydrogen) atoms. The Balaban J connectivity index is 3.45. The molecule has 0 fully saturated rings. The lowest BCUT2D eigenvalue weighted by Gasteiger charge is -2.09. The highest BCUT2D eigenvalue weighted by atomic mass is 16.6. The van der Waals surface area contributed by atoms with Crippen molar-refractivity contribution in [2.75, 3.05) is 7.11 Å². The van der Waals surface area contributed by atoms with Crippen LogP contribution < -0.4 is 9.47 Å². The van der Waals surface area contributed by atoms with Crippen LogP contribution in [0.2, 0.25) is 0 Å². The number of methoxy groups -OCH3 is 1. The first kappa shape index (κ1) is 13.4. The molecular formula is C10H9NO7. The summed E-state index contributed by atoms with van der Waals surface area (Å²) in [6, 6.07) is 1.77. The van der Waals surface area contributed by atoms with Gasteiger partial charge in [0.05, 0.1) is 18.1 Å². The average Bonchev–Trinajstić information content (AvgIpc) is 2.27. The van der Waals surface area contributed by atoms with Gasteiger partial charge in [-0.05, 0) is 0 Å². The monoisotopic (exact) mass is 255 g/mol. The van der Waals surface area contributed by atoms with Crippen LogP contribution in [0.3, 0.4) is 0 Å². The largest absolute Gasteiger partial charge is 0.493 e. The van der Waals surface area contributed by atoms with E-state index in [0.717, 1.165) is 19.1 Å². The number of rotatable bonds is 4. The van der Waals surface area contributed by atoms with Gasteiger partial charge in [-0.25, -0.2) is 4.79 Å². The number of esters is 1. The van der Waals surface area contributed by atoms with Gasteiger partial charge < -0.3 is 14.6 Å². The molecule has 0 spiro atoms. The molecule has 0 saturated carbocycles. The van der Waals surface area contributed by atoms with Crippen LogP contribution in [0.1, 0.15) is 17.3 Å². The highest BCUT2D eigenvalue weighted by Gasteiger charge is 2.24. The summed E-state index contributed by atoms with van der Waals surface area (Å²) < 4.78 is 9.51. The lowest BCUT2D eigenvalue weighted by molar-refractivity contribution is -0.385. The predicted molar refractivity (Wildman–Crippen MR) is 57.9 cm³/mol. The molecule has 1 N–H and O–H groups in total. The van der Waals surface area contributed by atoms with Crippen LogP contribution in [0.5, 0.6) is 11.5 Å². The minimum Gasteiger partial charge on any atom is -0.493 e. The molecule has 8 heteroatoms. The Morgan fingerprint density at radius 3 is 2.33 bits per heavy atom. The molecule has 0 aliphatic rings. The van der Waals surface area contributed by atoms with E-state index < -0.39 is 28.1 Å². The molecule has 0 aliphatic heterocycles. The first-order valence-corrected chi connectivity index (χ1v) is 4.65. The fourth-order valence-electron chi connectivity index (χ4n) is 1.27. The van der Waals surface area contributed by atoms with Gasteiger partial charge in [0.2, 0.25) is 0 Å². The highest BCUT2D eigenvalue weighted by molar-refractivity contribution is 5.93. The lowest BCUT2D eigenvalue weighted by Crippen LogP contribution is -2.07. The second-order valence-electron chi connectivity index (χ2n) is 3.18. The number of hydrogen-bond donors (Lipinski definition) is 1. The Bertz CT molecular complexity index is 523. The van der Waals surface area contributed by atoms with Crippen molar-refractivity contribution in [1.29, 1.82) is 0 Å². The number of carbonyl (C=O) groups is 2. The van der Waals surface area contributed by atoms with E-state index >= 15 is 0 Å². The van der Waals surface area contributed by atoms with E-state index in [1.54, 1.807) is 0 Å². The third-order valence-electron chi connectivity index (χ3n) is 1.96. The summed E-state index contributed by atoms with van der Waals surface area (Å²) in [6.45, 7) is 1.11. The van der Waals surface area contributed by atoms with Crippen molar-refractivity contribution >= 4 is 17.6 Å². The van der Waals surface area contributed by atoms with Crippen LogP contribution in [-0.2, 0) is 4.79 Å². The molecule has 0 saturated heterocycles. The Morgan fingerprint density at radius 1 is 1.33 bits per heavy atom. The van der Waals surface area contributed by atoms with Crippen molar-refractivity contribution in [3.8, 4) is 11.5 Å². The zero-order valence-electron chi connectivity index (χ0n) is 9.50. The molecule has 1 aromatic rings. The summed E-state index contributed by atoms with van der Waals surface area (Å²) in [5.41, 5.74) is -1.23. The Kier molecular flexibility index (Phi) is 3.82. The minimum atomic E-state index is -1.48. The zero-order chi connectivity index (χ0) is 13.9. The summed E-state index contributed by atoms with van der Waals surface area (Å²) in [7, 11) is 1.22. The number of carboxylic acid groups (broad SMARTS) is 1. The second-order valence-corrected chi connectivity index (χ2v) is 3.18. The van der Waals surface area contributed by atoms with Gasteiger partial charge in [-0.2, -0.15) is 0 Å². The fraction of sp³-hybridized carbons (Fsp3) is 0.200. The van der Waals surface area contributed by atoms with E-state index in [2.05, 4.69) is 0 Å². The van der Waals surface area contributed by atoms with Gasteiger partial charge >= 0.3 is 11.9 Å². The van der Waals surface area contributed by atoms with Crippen molar-refractivity contribution < 1.29 is 29.1 Å². The maximum atomic E-state index is 10.9. The number of ether oxygens (including phenoxy) is 2. The van der Waals surface area contributed by atoms with Gasteiger partial charge in [-0.1, -0.05) is 0 Å². The van der Waals surface area contributed by atoms with E-state index in [-0.39, 0.29) is 11.5 Å². The third kappa shape index (κ3) is 2.73. The fourth-order valence-corrected chi connectivity index (χ4v) is 1.27. The summed E-state index contributed by atoms with van der Waals surface area (Å²) in [4.78, 5) is 31.5. The number of hydrogen-bond acceptors (Lipinski definition) is 6. The molecule has 96 valence electrons. The molecular weight excluding hydrogens is 246 g/mol. The topological polar surface area (TPSA) is 116 Å². The number of nitro benzene ring substituents is 1. The molecule has 0 unspecified atom stereocenters. The van der Waals surface area contributed by atoms with Crippen LogP contribution in [0.15, 0.2) is 12.1 Å². The van der Waals surface area contributed by atoms with Crippen LogP contribution in [0.25, 0.3) is 0 Å². The average molecular weight is 255 g/mol. The molecule has 0 atom stereocenters. The summed E-state index contributed by atoms with van der Waals surface area (Å²) in [6.07, 6.45) is 0. The molecule has 0 heterocycles. The van der Waals surface area contributed by atoms with Crippen LogP contribution in [0.4, 0.5) is 5.69 Å². The first-order chi connectivity index (χ1) is 8.36. The van der Waals surface area contributed by atoms with E-state index in [9.17, 15) is 19.7 Å². The minimum absolute atomic E-state index is 0.0757.